The van der Waals surface area contributed by atoms with Crippen LogP contribution in [0.15, 0.2) is 23.0 Å². The van der Waals surface area contributed by atoms with Crippen LogP contribution in [0.1, 0.15) is 5.56 Å². The van der Waals surface area contributed by atoms with Gasteiger partial charge in [0.2, 0.25) is 0 Å². The number of hydrogen-bond donors (Lipinski definition) is 1. The zero-order valence-corrected chi connectivity index (χ0v) is 6.19. The zero-order valence-electron chi connectivity index (χ0n) is 5.37. The first-order chi connectivity index (χ1) is 4.75. The first-order valence-corrected chi connectivity index (χ1v) is 3.56. The Hall–Kier alpha value is -1.09. The summed E-state index contributed by atoms with van der Waals surface area (Å²) in [7, 11) is 0. The molecule has 0 aromatic carbocycles. The van der Waals surface area contributed by atoms with E-state index in [1.165, 1.54) is 11.3 Å². The minimum Gasteiger partial charge on any atom is -0.508 e. The van der Waals surface area contributed by atoms with E-state index in [9.17, 15) is 0 Å². The fourth-order valence-electron chi connectivity index (χ4n) is 0.643. The molecule has 1 aromatic rings. The van der Waals surface area contributed by atoms with Gasteiger partial charge in [0.15, 0.2) is 0 Å². The highest BCUT2D eigenvalue weighted by molar-refractivity contribution is 7.14. The standard InChI is InChI=1S/C7H7NOS/c1-5(9)6-3-4-10-7(6)8-2/h3-4,9H,1-2H2. The van der Waals surface area contributed by atoms with E-state index >= 15 is 0 Å². The van der Waals surface area contributed by atoms with Crippen molar-refractivity contribution >= 4 is 28.8 Å². The Balaban J connectivity index is 3.13. The van der Waals surface area contributed by atoms with Gasteiger partial charge in [-0.05, 0) is 18.2 Å². The molecule has 0 radical (unpaired) electrons. The lowest BCUT2D eigenvalue weighted by Gasteiger charge is -1.92. The molecule has 1 N–H and O–H groups in total. The van der Waals surface area contributed by atoms with Gasteiger partial charge in [0.05, 0.1) is 5.56 Å². The van der Waals surface area contributed by atoms with Crippen LogP contribution in [0.5, 0.6) is 0 Å². The molecule has 0 bridgehead atoms. The van der Waals surface area contributed by atoms with Crippen LogP contribution in [-0.2, 0) is 0 Å². The van der Waals surface area contributed by atoms with Crippen LogP contribution < -0.4 is 0 Å². The highest BCUT2D eigenvalue weighted by Crippen LogP contribution is 2.29. The molecule has 0 aliphatic rings. The molecule has 0 fully saturated rings. The summed E-state index contributed by atoms with van der Waals surface area (Å²) >= 11 is 1.43. The molecule has 0 saturated carbocycles. The topological polar surface area (TPSA) is 32.6 Å². The monoisotopic (exact) mass is 153 g/mol. The molecule has 0 aliphatic heterocycles. The van der Waals surface area contributed by atoms with Crippen molar-refractivity contribution in [2.45, 2.75) is 0 Å². The van der Waals surface area contributed by atoms with E-state index in [1.54, 1.807) is 6.07 Å². The van der Waals surface area contributed by atoms with Crippen molar-refractivity contribution in [3.8, 4) is 0 Å². The molecule has 3 heteroatoms. The van der Waals surface area contributed by atoms with Crippen LogP contribution in [0.25, 0.3) is 5.76 Å². The van der Waals surface area contributed by atoms with Crippen LogP contribution in [0.4, 0.5) is 5.00 Å². The van der Waals surface area contributed by atoms with Crippen LogP contribution in [-0.4, -0.2) is 11.8 Å². The van der Waals surface area contributed by atoms with Crippen molar-refractivity contribution in [3.63, 3.8) is 0 Å². The maximum atomic E-state index is 8.95. The van der Waals surface area contributed by atoms with Crippen molar-refractivity contribution in [1.82, 2.24) is 0 Å². The fraction of sp³-hybridized carbons (Fsp3) is 0. The summed E-state index contributed by atoms with van der Waals surface area (Å²) in [6.45, 7) is 6.74. The second kappa shape index (κ2) is 2.66. The van der Waals surface area contributed by atoms with Gasteiger partial charge in [-0.25, -0.2) is 0 Å². The Bertz CT molecular complexity index is 264. The summed E-state index contributed by atoms with van der Waals surface area (Å²) < 4.78 is 0. The number of aliphatic hydroxyl groups is 1. The maximum absolute atomic E-state index is 8.95. The van der Waals surface area contributed by atoms with Gasteiger partial charge >= 0.3 is 0 Å². The lowest BCUT2D eigenvalue weighted by Crippen LogP contribution is -1.73. The maximum Gasteiger partial charge on any atom is 0.126 e. The molecule has 0 spiro atoms. The third-order valence-corrected chi connectivity index (χ3v) is 1.94. The average molecular weight is 153 g/mol. The van der Waals surface area contributed by atoms with Gasteiger partial charge < -0.3 is 5.11 Å². The lowest BCUT2D eigenvalue weighted by molar-refractivity contribution is 0.514. The Morgan fingerprint density at radius 3 is 2.80 bits per heavy atom. The van der Waals surface area contributed by atoms with Crippen LogP contribution >= 0.6 is 11.3 Å². The van der Waals surface area contributed by atoms with Crippen LogP contribution in [0.2, 0.25) is 0 Å². The Kier molecular flexibility index (Phi) is 1.87. The van der Waals surface area contributed by atoms with Gasteiger partial charge in [0, 0.05) is 0 Å². The largest absolute Gasteiger partial charge is 0.508 e. The molecule has 0 saturated heterocycles. The van der Waals surface area contributed by atoms with E-state index in [0.29, 0.717) is 10.6 Å². The lowest BCUT2D eigenvalue weighted by atomic mass is 10.3. The summed E-state index contributed by atoms with van der Waals surface area (Å²) in [6.07, 6.45) is 0. The van der Waals surface area contributed by atoms with Gasteiger partial charge in [0.25, 0.3) is 0 Å². The van der Waals surface area contributed by atoms with Crippen molar-refractivity contribution in [1.29, 1.82) is 0 Å². The molecule has 1 heterocycles. The highest BCUT2D eigenvalue weighted by atomic mass is 32.1. The minimum absolute atomic E-state index is 0.0450. The fourth-order valence-corrected chi connectivity index (χ4v) is 1.36. The van der Waals surface area contributed by atoms with Gasteiger partial charge in [-0.3, -0.25) is 4.99 Å². The average Bonchev–Trinajstić information content (AvgIpc) is 2.33. The van der Waals surface area contributed by atoms with E-state index in [0.717, 1.165) is 0 Å². The van der Waals surface area contributed by atoms with E-state index in [1.807, 2.05) is 5.38 Å². The molecule has 0 atom stereocenters. The summed E-state index contributed by atoms with van der Waals surface area (Å²) in [5, 5.41) is 11.5. The van der Waals surface area contributed by atoms with E-state index in [2.05, 4.69) is 18.3 Å². The van der Waals surface area contributed by atoms with Crippen molar-refractivity contribution in [2.24, 2.45) is 4.99 Å². The Morgan fingerprint density at radius 1 is 1.70 bits per heavy atom. The first kappa shape index (κ1) is 7.02. The number of aliphatic imine (C=N–C) groups is 1. The normalized spacial score (nSPS) is 9.20. The van der Waals surface area contributed by atoms with Crippen molar-refractivity contribution in [2.75, 3.05) is 0 Å². The summed E-state index contributed by atoms with van der Waals surface area (Å²) in [4.78, 5) is 3.70. The molecule has 1 aromatic heterocycles. The number of aliphatic hydroxyl groups excluding tert-OH is 1. The number of rotatable bonds is 2. The second-order valence-corrected chi connectivity index (χ2v) is 2.64. The van der Waals surface area contributed by atoms with Crippen molar-refractivity contribution in [3.05, 3.63) is 23.6 Å². The Morgan fingerprint density at radius 2 is 2.40 bits per heavy atom. The molecular weight excluding hydrogens is 146 g/mol. The summed E-state index contributed by atoms with van der Waals surface area (Å²) in [5.74, 6) is 0.0450. The SMILES string of the molecule is C=Nc1sccc1C(=C)O. The molecule has 1 rings (SSSR count). The highest BCUT2D eigenvalue weighted by Gasteiger charge is 2.02. The predicted octanol–water partition coefficient (Wildman–Crippen LogP) is 2.61. The Labute approximate surface area is 63.2 Å². The summed E-state index contributed by atoms with van der Waals surface area (Å²) in [5.41, 5.74) is 0.667. The van der Waals surface area contributed by atoms with Crippen molar-refractivity contribution < 1.29 is 5.11 Å². The van der Waals surface area contributed by atoms with Crippen LogP contribution in [0, 0.1) is 0 Å². The quantitative estimate of drug-likeness (QED) is 0.514. The second-order valence-electron chi connectivity index (χ2n) is 1.74. The number of nitrogens with zero attached hydrogens (tertiary/aromatic N) is 1. The minimum atomic E-state index is 0.0450. The van der Waals surface area contributed by atoms with Gasteiger partial charge in [0.1, 0.15) is 10.8 Å². The third-order valence-electron chi connectivity index (χ3n) is 1.10. The molecule has 0 unspecified atom stereocenters. The molecule has 0 aliphatic carbocycles. The molecule has 2 nitrogen and oxygen atoms in total. The molecule has 52 valence electrons. The summed E-state index contributed by atoms with van der Waals surface area (Å²) in [6, 6.07) is 1.76. The van der Waals surface area contributed by atoms with E-state index in [-0.39, 0.29) is 5.76 Å². The smallest absolute Gasteiger partial charge is 0.126 e. The van der Waals surface area contributed by atoms with Gasteiger partial charge in [-0.15, -0.1) is 11.3 Å². The molecule has 10 heavy (non-hydrogen) atoms. The van der Waals surface area contributed by atoms with Crippen LogP contribution in [0.3, 0.4) is 0 Å². The number of hydrogen-bond acceptors (Lipinski definition) is 3. The van der Waals surface area contributed by atoms with E-state index in [4.69, 9.17) is 5.11 Å². The van der Waals surface area contributed by atoms with Gasteiger partial charge in [-0.1, -0.05) is 6.58 Å². The predicted molar refractivity (Wildman–Crippen MR) is 45.2 cm³/mol. The number of thiophene rings is 1. The first-order valence-electron chi connectivity index (χ1n) is 2.68. The van der Waals surface area contributed by atoms with Gasteiger partial charge in [-0.2, -0.15) is 0 Å². The third kappa shape index (κ3) is 1.09. The molecular formula is C7H7NOS. The van der Waals surface area contributed by atoms with E-state index < -0.39 is 0 Å². The molecule has 0 amide bonds. The zero-order chi connectivity index (χ0) is 7.56.